The van der Waals surface area contributed by atoms with Gasteiger partial charge < -0.3 is 24.6 Å². The normalized spacial score (nSPS) is 23.0. The number of hydrogen-bond donors (Lipinski definition) is 1. The van der Waals surface area contributed by atoms with Crippen LogP contribution in [-0.4, -0.2) is 98.7 Å². The lowest BCUT2D eigenvalue weighted by Gasteiger charge is -2.37. The van der Waals surface area contributed by atoms with Crippen LogP contribution in [-0.2, 0) is 24.3 Å². The molecule has 31 heavy (non-hydrogen) atoms. The van der Waals surface area contributed by atoms with Crippen molar-refractivity contribution in [1.29, 1.82) is 0 Å². The highest BCUT2D eigenvalue weighted by molar-refractivity contribution is 7.89. The second-order valence-corrected chi connectivity index (χ2v) is 10.1. The molecule has 3 aliphatic heterocycles. The fourth-order valence-corrected chi connectivity index (χ4v) is 5.66. The van der Waals surface area contributed by atoms with Gasteiger partial charge in [-0.2, -0.15) is 4.31 Å². The molecule has 9 nitrogen and oxygen atoms in total. The van der Waals surface area contributed by atoms with Gasteiger partial charge in [0.15, 0.2) is 5.11 Å². The molecule has 1 N–H and O–H groups in total. The van der Waals surface area contributed by atoms with E-state index in [1.54, 1.807) is 24.3 Å². The summed E-state index contributed by atoms with van der Waals surface area (Å²) in [4.78, 5) is 16.6. The van der Waals surface area contributed by atoms with Gasteiger partial charge in [0.25, 0.3) is 5.91 Å². The number of carbonyl (C=O) groups is 1. The lowest BCUT2D eigenvalue weighted by atomic mass is 10.2. The van der Waals surface area contributed by atoms with Crippen LogP contribution in [0.3, 0.4) is 0 Å². The Kier molecular flexibility index (Phi) is 7.07. The van der Waals surface area contributed by atoms with E-state index < -0.39 is 10.0 Å². The van der Waals surface area contributed by atoms with Gasteiger partial charge in [-0.05, 0) is 49.3 Å². The number of benzene rings is 1. The molecule has 3 saturated heterocycles. The number of nitrogens with zero attached hydrogens (tertiary/aromatic N) is 3. The highest BCUT2D eigenvalue weighted by Gasteiger charge is 2.31. The first-order chi connectivity index (χ1) is 14.9. The van der Waals surface area contributed by atoms with Crippen molar-refractivity contribution in [3.63, 3.8) is 0 Å². The maximum absolute atomic E-state index is 12.7. The van der Waals surface area contributed by atoms with E-state index >= 15 is 0 Å². The largest absolute Gasteiger partial charge is 0.379 e. The summed E-state index contributed by atoms with van der Waals surface area (Å²) < 4.78 is 37.6. The second kappa shape index (κ2) is 9.78. The van der Waals surface area contributed by atoms with Gasteiger partial charge in [-0.1, -0.05) is 0 Å². The number of amides is 1. The van der Waals surface area contributed by atoms with Crippen molar-refractivity contribution in [2.75, 3.05) is 64.4 Å². The molecule has 1 amide bonds. The summed E-state index contributed by atoms with van der Waals surface area (Å²) in [6.45, 7) is 4.74. The molecule has 1 aromatic rings. The van der Waals surface area contributed by atoms with Gasteiger partial charge in [-0.3, -0.25) is 4.79 Å². The lowest BCUT2D eigenvalue weighted by Crippen LogP contribution is -2.53. The first kappa shape index (κ1) is 22.4. The molecule has 3 fully saturated rings. The van der Waals surface area contributed by atoms with Crippen LogP contribution < -0.4 is 5.32 Å². The summed E-state index contributed by atoms with van der Waals surface area (Å²) in [7, 11) is -3.51. The number of ether oxygens (including phenoxy) is 2. The fourth-order valence-electron chi connectivity index (χ4n) is 3.95. The van der Waals surface area contributed by atoms with Crippen LogP contribution in [0.2, 0.25) is 0 Å². The number of sulfonamides is 1. The summed E-state index contributed by atoms with van der Waals surface area (Å²) in [5, 5.41) is 3.73. The Morgan fingerprint density at radius 3 is 2.23 bits per heavy atom. The number of carbonyl (C=O) groups excluding carboxylic acids is 1. The van der Waals surface area contributed by atoms with Crippen LogP contribution in [0, 0.1) is 0 Å². The highest BCUT2D eigenvalue weighted by Crippen LogP contribution is 2.20. The molecule has 0 radical (unpaired) electrons. The predicted molar refractivity (Wildman–Crippen MR) is 119 cm³/mol. The Labute approximate surface area is 188 Å². The first-order valence-corrected chi connectivity index (χ1v) is 12.4. The summed E-state index contributed by atoms with van der Waals surface area (Å²) in [6, 6.07) is 6.62. The minimum absolute atomic E-state index is 0.0769. The molecule has 11 heteroatoms. The molecule has 0 saturated carbocycles. The monoisotopic (exact) mass is 468 g/mol. The quantitative estimate of drug-likeness (QED) is 0.647. The molecule has 0 aromatic heterocycles. The third-order valence-corrected chi connectivity index (χ3v) is 8.07. The summed E-state index contributed by atoms with van der Waals surface area (Å²) in [5.74, 6) is 0.0769. The Hall–Kier alpha value is -1.79. The lowest BCUT2D eigenvalue weighted by molar-refractivity contribution is -0.142. The van der Waals surface area contributed by atoms with Crippen LogP contribution in [0.5, 0.6) is 0 Å². The maximum Gasteiger partial charge on any atom is 0.251 e. The number of rotatable bonds is 4. The van der Waals surface area contributed by atoms with Gasteiger partial charge in [0.2, 0.25) is 10.0 Å². The molecule has 0 aliphatic carbocycles. The number of morpholine rings is 1. The zero-order valence-corrected chi connectivity index (χ0v) is 19.0. The molecule has 170 valence electrons. The van der Waals surface area contributed by atoms with E-state index in [0.29, 0.717) is 64.2 Å². The smallest absolute Gasteiger partial charge is 0.251 e. The topological polar surface area (TPSA) is 91.4 Å². The summed E-state index contributed by atoms with van der Waals surface area (Å²) in [5.41, 5.74) is 0.726. The van der Waals surface area contributed by atoms with Crippen molar-refractivity contribution >= 4 is 38.9 Å². The molecular weight excluding hydrogens is 440 g/mol. The number of thiocarbonyl (C=S) groups is 1. The molecule has 0 bridgehead atoms. The number of nitrogens with one attached hydrogen (secondary N) is 1. The summed E-state index contributed by atoms with van der Waals surface area (Å²) >= 11 is 5.52. The van der Waals surface area contributed by atoms with Crippen molar-refractivity contribution in [3.05, 3.63) is 24.3 Å². The van der Waals surface area contributed by atoms with Crippen molar-refractivity contribution in [1.82, 2.24) is 14.1 Å². The van der Waals surface area contributed by atoms with Gasteiger partial charge in [0.05, 0.1) is 18.1 Å². The Balaban J connectivity index is 1.29. The van der Waals surface area contributed by atoms with E-state index in [0.717, 1.165) is 18.5 Å². The van der Waals surface area contributed by atoms with Crippen LogP contribution in [0.4, 0.5) is 5.69 Å². The van der Waals surface area contributed by atoms with Crippen LogP contribution in [0.15, 0.2) is 29.2 Å². The van der Waals surface area contributed by atoms with E-state index in [-0.39, 0.29) is 16.9 Å². The van der Waals surface area contributed by atoms with Gasteiger partial charge in [0, 0.05) is 51.6 Å². The minimum Gasteiger partial charge on any atom is -0.379 e. The average molecular weight is 469 g/mol. The van der Waals surface area contributed by atoms with Gasteiger partial charge in [-0.15, -0.1) is 0 Å². The van der Waals surface area contributed by atoms with Gasteiger partial charge in [-0.25, -0.2) is 8.42 Å². The van der Waals surface area contributed by atoms with E-state index in [1.807, 2.05) is 9.80 Å². The standard InChI is InChI=1S/C20H28N4O5S2/c25-19(18-2-1-13-29-18)22-7-9-23(10-8-22)20(30)21-16-3-5-17(6-4-16)31(26,27)24-11-14-28-15-12-24/h3-6,18H,1-2,7-15H2,(H,21,30)/t18-/m0/s1. The first-order valence-electron chi connectivity index (χ1n) is 10.6. The molecule has 1 atom stereocenters. The molecule has 0 spiro atoms. The van der Waals surface area contributed by atoms with Crippen molar-refractivity contribution in [3.8, 4) is 0 Å². The van der Waals surface area contributed by atoms with Crippen LogP contribution in [0.25, 0.3) is 0 Å². The molecule has 3 heterocycles. The minimum atomic E-state index is -3.51. The van der Waals surface area contributed by atoms with Crippen molar-refractivity contribution < 1.29 is 22.7 Å². The van der Waals surface area contributed by atoms with Gasteiger partial charge >= 0.3 is 0 Å². The molecular formula is C20H28N4O5S2. The van der Waals surface area contributed by atoms with Crippen LogP contribution in [0.1, 0.15) is 12.8 Å². The molecule has 1 aromatic carbocycles. The maximum atomic E-state index is 12.7. The average Bonchev–Trinajstić information content (AvgIpc) is 3.35. The molecule has 0 unspecified atom stereocenters. The van der Waals surface area contributed by atoms with E-state index in [1.165, 1.54) is 4.31 Å². The van der Waals surface area contributed by atoms with E-state index in [9.17, 15) is 13.2 Å². The highest BCUT2D eigenvalue weighted by atomic mass is 32.2. The fraction of sp³-hybridized carbons (Fsp3) is 0.600. The third kappa shape index (κ3) is 5.17. The van der Waals surface area contributed by atoms with Gasteiger partial charge in [0.1, 0.15) is 6.10 Å². The number of piperazine rings is 1. The Bertz CT molecular complexity index is 889. The zero-order valence-electron chi connectivity index (χ0n) is 17.4. The Morgan fingerprint density at radius 2 is 1.61 bits per heavy atom. The Morgan fingerprint density at radius 1 is 0.968 bits per heavy atom. The van der Waals surface area contributed by atoms with Crippen molar-refractivity contribution in [2.45, 2.75) is 23.8 Å². The zero-order chi connectivity index (χ0) is 21.8. The molecule has 3 aliphatic rings. The van der Waals surface area contributed by atoms with E-state index in [2.05, 4.69) is 5.32 Å². The molecule has 4 rings (SSSR count). The number of anilines is 1. The SMILES string of the molecule is O=C([C@@H]1CCCO1)N1CCN(C(=S)Nc2ccc(S(=O)(=O)N3CCOCC3)cc2)CC1. The predicted octanol–water partition coefficient (Wildman–Crippen LogP) is 0.728. The van der Waals surface area contributed by atoms with Crippen LogP contribution >= 0.6 is 12.2 Å². The van der Waals surface area contributed by atoms with E-state index in [4.69, 9.17) is 21.7 Å². The number of hydrogen-bond acceptors (Lipinski definition) is 6. The third-order valence-electron chi connectivity index (χ3n) is 5.80. The second-order valence-electron chi connectivity index (χ2n) is 7.78. The summed E-state index contributed by atoms with van der Waals surface area (Å²) in [6.07, 6.45) is 1.46. The van der Waals surface area contributed by atoms with Crippen molar-refractivity contribution in [2.24, 2.45) is 0 Å².